The molecule has 0 saturated carbocycles. The zero-order valence-corrected chi connectivity index (χ0v) is 17.7. The first kappa shape index (κ1) is 20.0. The van der Waals surface area contributed by atoms with Gasteiger partial charge in [0.2, 0.25) is 0 Å². The van der Waals surface area contributed by atoms with Gasteiger partial charge in [0.15, 0.2) is 5.96 Å². The molecule has 0 amide bonds. The second kappa shape index (κ2) is 11.1. The summed E-state index contributed by atoms with van der Waals surface area (Å²) in [5.74, 6) is 3.01. The number of hydrogen-bond acceptors (Lipinski definition) is 5. The Morgan fingerprint density at radius 3 is 3.00 bits per heavy atom. The average Bonchev–Trinajstić information content (AvgIpc) is 3.33. The fraction of sp³-hybridized carbons (Fsp3) is 0.789. The molecule has 0 aliphatic carbocycles. The summed E-state index contributed by atoms with van der Waals surface area (Å²) in [7, 11) is 0. The van der Waals surface area contributed by atoms with Crippen LogP contribution < -0.4 is 5.32 Å². The Labute approximate surface area is 166 Å². The third-order valence-corrected chi connectivity index (χ3v) is 7.14. The molecule has 0 spiro atoms. The van der Waals surface area contributed by atoms with Crippen LogP contribution in [0, 0.1) is 5.92 Å². The Morgan fingerprint density at radius 2 is 2.23 bits per heavy atom. The molecule has 26 heavy (non-hydrogen) atoms. The van der Waals surface area contributed by atoms with Gasteiger partial charge in [-0.05, 0) is 51.6 Å². The largest absolute Gasteiger partial charge is 0.357 e. The molecule has 1 aromatic heterocycles. The molecule has 7 heteroatoms. The molecule has 0 radical (unpaired) electrons. The van der Waals surface area contributed by atoms with Crippen molar-refractivity contribution in [2.45, 2.75) is 43.4 Å². The Balaban J connectivity index is 1.40. The highest BCUT2D eigenvalue weighted by molar-refractivity contribution is 8.00. The molecule has 2 aliphatic heterocycles. The molecule has 5 nitrogen and oxygen atoms in total. The topological polar surface area (TPSA) is 43.8 Å². The molecule has 0 aromatic carbocycles. The second-order valence-corrected chi connectivity index (χ2v) is 9.43. The van der Waals surface area contributed by atoms with Crippen molar-refractivity contribution >= 4 is 29.1 Å². The molecule has 3 rings (SSSR count). The molecule has 1 unspecified atom stereocenters. The third kappa shape index (κ3) is 6.43. The highest BCUT2D eigenvalue weighted by Gasteiger charge is 2.26. The van der Waals surface area contributed by atoms with Gasteiger partial charge in [0, 0.05) is 50.1 Å². The van der Waals surface area contributed by atoms with Crippen LogP contribution in [0.3, 0.4) is 0 Å². The summed E-state index contributed by atoms with van der Waals surface area (Å²) < 4.78 is 1.17. The van der Waals surface area contributed by atoms with E-state index in [9.17, 15) is 0 Å². The minimum Gasteiger partial charge on any atom is -0.357 e. The zero-order valence-electron chi connectivity index (χ0n) is 16.0. The summed E-state index contributed by atoms with van der Waals surface area (Å²) in [6, 6.07) is 0. The number of guanidine groups is 1. The average molecular weight is 396 g/mol. The molecule has 3 heterocycles. The summed E-state index contributed by atoms with van der Waals surface area (Å²) in [6.45, 7) is 10.2. The van der Waals surface area contributed by atoms with E-state index in [1.54, 1.807) is 11.3 Å². The quantitative estimate of drug-likeness (QED) is 0.316. The molecule has 1 aromatic rings. The van der Waals surface area contributed by atoms with E-state index in [0.717, 1.165) is 50.2 Å². The van der Waals surface area contributed by atoms with E-state index in [2.05, 4.69) is 27.0 Å². The van der Waals surface area contributed by atoms with Gasteiger partial charge in [-0.1, -0.05) is 18.2 Å². The molecular formula is C19H33N5S2. The third-order valence-electron chi connectivity index (χ3n) is 5.08. The first-order chi connectivity index (χ1) is 12.8. The molecule has 2 saturated heterocycles. The van der Waals surface area contributed by atoms with Crippen molar-refractivity contribution in [3.8, 4) is 0 Å². The van der Waals surface area contributed by atoms with E-state index in [1.165, 1.54) is 49.7 Å². The highest BCUT2D eigenvalue weighted by atomic mass is 32.2. The van der Waals surface area contributed by atoms with Crippen molar-refractivity contribution < 1.29 is 0 Å². The van der Waals surface area contributed by atoms with Crippen LogP contribution in [-0.2, 0) is 0 Å². The lowest BCUT2D eigenvalue weighted by atomic mass is 10.1. The minimum absolute atomic E-state index is 0.803. The molecular weight excluding hydrogens is 362 g/mol. The Kier molecular flexibility index (Phi) is 8.55. The fourth-order valence-corrected chi connectivity index (χ4v) is 5.43. The number of hydrogen-bond donors (Lipinski definition) is 1. The summed E-state index contributed by atoms with van der Waals surface area (Å²) in [6.07, 6.45) is 8.48. The Morgan fingerprint density at radius 1 is 1.35 bits per heavy atom. The Hall–Kier alpha value is -0.790. The second-order valence-electron chi connectivity index (χ2n) is 7.20. The number of thioether (sulfide) groups is 1. The monoisotopic (exact) mass is 395 g/mol. The lowest BCUT2D eigenvalue weighted by molar-refractivity contribution is 0.198. The molecule has 2 fully saturated rings. The van der Waals surface area contributed by atoms with Crippen LogP contribution in [0.5, 0.6) is 0 Å². The minimum atomic E-state index is 0.803. The summed E-state index contributed by atoms with van der Waals surface area (Å²) >= 11 is 3.56. The number of likely N-dealkylation sites (tertiary alicyclic amines) is 2. The van der Waals surface area contributed by atoms with E-state index in [1.807, 2.05) is 23.3 Å². The molecule has 1 atom stereocenters. The van der Waals surface area contributed by atoms with Gasteiger partial charge in [-0.15, -0.1) is 11.3 Å². The van der Waals surface area contributed by atoms with Crippen LogP contribution in [-0.4, -0.2) is 72.3 Å². The number of piperidine rings is 1. The first-order valence-corrected chi connectivity index (χ1v) is 12.0. The molecule has 0 bridgehead atoms. The highest BCUT2D eigenvalue weighted by Crippen LogP contribution is 2.21. The van der Waals surface area contributed by atoms with Crippen molar-refractivity contribution in [1.29, 1.82) is 0 Å². The van der Waals surface area contributed by atoms with Gasteiger partial charge in [0.25, 0.3) is 0 Å². The number of thiazole rings is 1. The maximum Gasteiger partial charge on any atom is 0.193 e. The van der Waals surface area contributed by atoms with Crippen LogP contribution in [0.4, 0.5) is 0 Å². The van der Waals surface area contributed by atoms with Crippen molar-refractivity contribution in [2.75, 3.05) is 51.6 Å². The van der Waals surface area contributed by atoms with E-state index in [0.29, 0.717) is 0 Å². The lowest BCUT2D eigenvalue weighted by Crippen LogP contribution is -2.41. The standard InChI is InChI=1S/C19H33N5S2/c1-2-20-18(21-8-6-13-25-19-22-9-14-26-19)24-12-7-17(16-24)15-23-10-4-3-5-11-23/h9,14,17H,2-8,10-13,15-16H2,1H3,(H,20,21). The maximum absolute atomic E-state index is 4.88. The van der Waals surface area contributed by atoms with Crippen LogP contribution in [0.2, 0.25) is 0 Å². The Bertz CT molecular complexity index is 528. The van der Waals surface area contributed by atoms with Gasteiger partial charge in [-0.25, -0.2) is 4.98 Å². The van der Waals surface area contributed by atoms with E-state index < -0.39 is 0 Å². The predicted octanol–water partition coefficient (Wildman–Crippen LogP) is 3.40. The maximum atomic E-state index is 4.88. The van der Waals surface area contributed by atoms with E-state index in [4.69, 9.17) is 4.99 Å². The first-order valence-electron chi connectivity index (χ1n) is 10.1. The molecule has 2 aliphatic rings. The smallest absolute Gasteiger partial charge is 0.193 e. The van der Waals surface area contributed by atoms with Crippen molar-refractivity contribution in [3.05, 3.63) is 11.6 Å². The normalized spacial score (nSPS) is 22.1. The number of aliphatic imine (C=N–C) groups is 1. The lowest BCUT2D eigenvalue weighted by Gasteiger charge is -2.29. The number of aromatic nitrogens is 1. The zero-order chi connectivity index (χ0) is 18.0. The summed E-state index contributed by atoms with van der Waals surface area (Å²) in [5.41, 5.74) is 0. The van der Waals surface area contributed by atoms with Crippen LogP contribution in [0.15, 0.2) is 20.9 Å². The summed E-state index contributed by atoms with van der Waals surface area (Å²) in [5, 5.41) is 5.54. The van der Waals surface area contributed by atoms with E-state index >= 15 is 0 Å². The van der Waals surface area contributed by atoms with Gasteiger partial charge in [-0.2, -0.15) is 0 Å². The predicted molar refractivity (Wildman–Crippen MR) is 113 cm³/mol. The summed E-state index contributed by atoms with van der Waals surface area (Å²) in [4.78, 5) is 14.4. The number of nitrogens with one attached hydrogen (secondary N) is 1. The van der Waals surface area contributed by atoms with Gasteiger partial charge in [-0.3, -0.25) is 4.99 Å². The van der Waals surface area contributed by atoms with Crippen LogP contribution in [0.1, 0.15) is 39.0 Å². The van der Waals surface area contributed by atoms with Gasteiger partial charge in [0.05, 0.1) is 0 Å². The van der Waals surface area contributed by atoms with Crippen molar-refractivity contribution in [2.24, 2.45) is 10.9 Å². The number of nitrogens with zero attached hydrogens (tertiary/aromatic N) is 4. The van der Waals surface area contributed by atoms with Crippen LogP contribution in [0.25, 0.3) is 0 Å². The van der Waals surface area contributed by atoms with Gasteiger partial charge in [0.1, 0.15) is 4.34 Å². The van der Waals surface area contributed by atoms with Crippen LogP contribution >= 0.6 is 23.1 Å². The molecule has 146 valence electrons. The fourth-order valence-electron chi connectivity index (χ4n) is 3.80. The molecule has 1 N–H and O–H groups in total. The van der Waals surface area contributed by atoms with Gasteiger partial charge >= 0.3 is 0 Å². The van der Waals surface area contributed by atoms with Crippen molar-refractivity contribution in [3.63, 3.8) is 0 Å². The van der Waals surface area contributed by atoms with Crippen molar-refractivity contribution in [1.82, 2.24) is 20.1 Å². The number of rotatable bonds is 8. The van der Waals surface area contributed by atoms with Gasteiger partial charge < -0.3 is 15.1 Å². The van der Waals surface area contributed by atoms with E-state index in [-0.39, 0.29) is 0 Å². The SMILES string of the molecule is CCNC(=NCCCSc1nccs1)N1CCC(CN2CCCCC2)C1.